The van der Waals surface area contributed by atoms with Gasteiger partial charge in [0.15, 0.2) is 18.1 Å². The number of hydrogen-bond acceptors (Lipinski definition) is 6. The van der Waals surface area contributed by atoms with E-state index in [-0.39, 0.29) is 12.5 Å². The predicted molar refractivity (Wildman–Crippen MR) is 124 cm³/mol. The van der Waals surface area contributed by atoms with Crippen LogP contribution in [0.3, 0.4) is 0 Å². The Hall–Kier alpha value is -4.20. The Morgan fingerprint density at radius 1 is 1.00 bits per heavy atom. The summed E-state index contributed by atoms with van der Waals surface area (Å²) in [5.74, 6) is 1.30. The molecular formula is C25H24N2O6. The molecule has 33 heavy (non-hydrogen) atoms. The van der Waals surface area contributed by atoms with E-state index in [1.54, 1.807) is 49.6 Å². The normalized spacial score (nSPS) is 10.7. The van der Waals surface area contributed by atoms with Crippen LogP contribution in [0.5, 0.6) is 17.2 Å². The summed E-state index contributed by atoms with van der Waals surface area (Å²) in [5, 5.41) is 3.53. The minimum Gasteiger partial charge on any atom is -0.493 e. The number of amides is 1. The number of carbonyl (C=O) groups excluding carboxylic acids is 1. The molecule has 0 fully saturated rings. The second kappa shape index (κ2) is 9.95. The quantitative estimate of drug-likeness (QED) is 0.394. The molecule has 1 amide bonds. The number of benzene rings is 2. The zero-order valence-electron chi connectivity index (χ0n) is 18.4. The number of methoxy groups -OCH3 is 2. The fourth-order valence-corrected chi connectivity index (χ4v) is 3.43. The first-order valence-electron chi connectivity index (χ1n) is 10.4. The van der Waals surface area contributed by atoms with E-state index in [1.807, 2.05) is 29.1 Å². The Morgan fingerprint density at radius 2 is 1.79 bits per heavy atom. The smallest absolute Gasteiger partial charge is 0.344 e. The lowest BCUT2D eigenvalue weighted by Crippen LogP contribution is -2.31. The lowest BCUT2D eigenvalue weighted by molar-refractivity contribution is -0.123. The standard InChI is InChI=1S/C25H24N2O6/c1-30-21-8-6-17(14-23(21)31-2)20-13-18-5-7-19(15-22(18)33-25(20)29)32-16-24(28)26-9-12-27-10-3-4-11-27/h3-8,10-11,13-15H,9,12,16H2,1-2H3,(H,26,28). The zero-order valence-corrected chi connectivity index (χ0v) is 18.4. The first-order chi connectivity index (χ1) is 16.1. The van der Waals surface area contributed by atoms with Crippen molar-refractivity contribution < 1.29 is 23.4 Å². The highest BCUT2D eigenvalue weighted by molar-refractivity contribution is 5.83. The molecule has 8 nitrogen and oxygen atoms in total. The van der Waals surface area contributed by atoms with Crippen molar-refractivity contribution in [1.82, 2.24) is 9.88 Å². The summed E-state index contributed by atoms with van der Waals surface area (Å²) in [6.07, 6.45) is 3.87. The number of nitrogens with one attached hydrogen (secondary N) is 1. The van der Waals surface area contributed by atoms with Gasteiger partial charge in [0, 0.05) is 36.9 Å². The van der Waals surface area contributed by atoms with Crippen molar-refractivity contribution in [3.8, 4) is 28.4 Å². The topological polar surface area (TPSA) is 91.9 Å². The van der Waals surface area contributed by atoms with Gasteiger partial charge in [-0.1, -0.05) is 6.07 Å². The lowest BCUT2D eigenvalue weighted by atomic mass is 10.1. The van der Waals surface area contributed by atoms with Gasteiger partial charge in [0.25, 0.3) is 5.91 Å². The van der Waals surface area contributed by atoms with E-state index < -0.39 is 5.63 Å². The molecule has 0 aliphatic rings. The summed E-state index contributed by atoms with van der Waals surface area (Å²) in [7, 11) is 3.09. The first-order valence-corrected chi connectivity index (χ1v) is 10.4. The molecule has 1 N–H and O–H groups in total. The third-order valence-corrected chi connectivity index (χ3v) is 5.13. The molecule has 0 saturated carbocycles. The molecular weight excluding hydrogens is 424 g/mol. The van der Waals surface area contributed by atoms with Crippen molar-refractivity contribution >= 4 is 16.9 Å². The first kappa shape index (κ1) is 22.0. The minimum absolute atomic E-state index is 0.134. The van der Waals surface area contributed by atoms with E-state index in [4.69, 9.17) is 18.6 Å². The molecule has 170 valence electrons. The highest BCUT2D eigenvalue weighted by Gasteiger charge is 2.12. The van der Waals surface area contributed by atoms with Crippen LogP contribution in [-0.4, -0.2) is 37.8 Å². The molecule has 2 aromatic heterocycles. The fraction of sp³-hybridized carbons (Fsp3) is 0.200. The number of ether oxygens (including phenoxy) is 3. The van der Waals surface area contributed by atoms with E-state index in [1.165, 1.54) is 7.11 Å². The van der Waals surface area contributed by atoms with Crippen LogP contribution in [0.15, 0.2) is 76.2 Å². The van der Waals surface area contributed by atoms with Crippen LogP contribution in [0.1, 0.15) is 0 Å². The molecule has 0 spiro atoms. The number of carbonyl (C=O) groups is 1. The van der Waals surface area contributed by atoms with Gasteiger partial charge in [-0.05, 0) is 48.0 Å². The second-order valence-electron chi connectivity index (χ2n) is 7.28. The fourth-order valence-electron chi connectivity index (χ4n) is 3.43. The third kappa shape index (κ3) is 5.17. The Bertz CT molecular complexity index is 1310. The van der Waals surface area contributed by atoms with Gasteiger partial charge in [0.2, 0.25) is 0 Å². The predicted octanol–water partition coefficient (Wildman–Crippen LogP) is 3.47. The maximum Gasteiger partial charge on any atom is 0.344 e. The summed E-state index contributed by atoms with van der Waals surface area (Å²) < 4.78 is 23.6. The summed E-state index contributed by atoms with van der Waals surface area (Å²) in [6.45, 7) is 1.05. The summed E-state index contributed by atoms with van der Waals surface area (Å²) in [5.41, 5.74) is 0.934. The number of fused-ring (bicyclic) bond motifs is 1. The molecule has 2 aromatic carbocycles. The minimum atomic E-state index is -0.491. The van der Waals surface area contributed by atoms with Crippen LogP contribution in [0.4, 0.5) is 0 Å². The second-order valence-corrected chi connectivity index (χ2v) is 7.28. The maximum absolute atomic E-state index is 12.6. The van der Waals surface area contributed by atoms with Crippen LogP contribution >= 0.6 is 0 Å². The van der Waals surface area contributed by atoms with Gasteiger partial charge < -0.3 is 28.5 Å². The molecule has 0 aliphatic heterocycles. The average molecular weight is 448 g/mol. The molecule has 4 rings (SSSR count). The summed E-state index contributed by atoms with van der Waals surface area (Å²) >= 11 is 0. The molecule has 0 unspecified atom stereocenters. The summed E-state index contributed by atoms with van der Waals surface area (Å²) in [6, 6.07) is 15.9. The van der Waals surface area contributed by atoms with Crippen LogP contribution in [0.25, 0.3) is 22.1 Å². The Kier molecular flexibility index (Phi) is 6.64. The van der Waals surface area contributed by atoms with Gasteiger partial charge >= 0.3 is 5.63 Å². The highest BCUT2D eigenvalue weighted by Crippen LogP contribution is 2.32. The van der Waals surface area contributed by atoms with Gasteiger partial charge in [-0.3, -0.25) is 4.79 Å². The highest BCUT2D eigenvalue weighted by atomic mass is 16.5. The van der Waals surface area contributed by atoms with E-state index >= 15 is 0 Å². The third-order valence-electron chi connectivity index (χ3n) is 5.13. The molecule has 4 aromatic rings. The van der Waals surface area contributed by atoms with Crippen molar-refractivity contribution in [3.63, 3.8) is 0 Å². The lowest BCUT2D eigenvalue weighted by Gasteiger charge is -2.10. The van der Waals surface area contributed by atoms with Gasteiger partial charge in [0.1, 0.15) is 11.3 Å². The van der Waals surface area contributed by atoms with Crippen molar-refractivity contribution in [2.75, 3.05) is 27.4 Å². The summed E-state index contributed by atoms with van der Waals surface area (Å²) in [4.78, 5) is 24.7. The van der Waals surface area contributed by atoms with Gasteiger partial charge in [-0.2, -0.15) is 0 Å². The van der Waals surface area contributed by atoms with Crippen molar-refractivity contribution in [3.05, 3.63) is 77.4 Å². The zero-order chi connectivity index (χ0) is 23.2. The van der Waals surface area contributed by atoms with Crippen LogP contribution < -0.4 is 25.2 Å². The van der Waals surface area contributed by atoms with Crippen molar-refractivity contribution in [1.29, 1.82) is 0 Å². The number of rotatable bonds is 9. The van der Waals surface area contributed by atoms with Crippen LogP contribution in [0.2, 0.25) is 0 Å². The monoisotopic (exact) mass is 448 g/mol. The molecule has 0 radical (unpaired) electrons. The number of hydrogen-bond donors (Lipinski definition) is 1. The molecule has 0 saturated heterocycles. The van der Waals surface area contributed by atoms with Crippen LogP contribution in [0, 0.1) is 0 Å². The number of nitrogens with zero attached hydrogens (tertiary/aromatic N) is 1. The molecule has 0 atom stereocenters. The van der Waals surface area contributed by atoms with Gasteiger partial charge in [-0.25, -0.2) is 4.79 Å². The SMILES string of the molecule is COc1ccc(-c2cc3ccc(OCC(=O)NCCn4cccc4)cc3oc2=O)cc1OC. The van der Waals surface area contributed by atoms with Crippen molar-refractivity contribution in [2.24, 2.45) is 0 Å². The average Bonchev–Trinajstić information content (AvgIpc) is 3.35. The maximum atomic E-state index is 12.6. The Labute approximate surface area is 190 Å². The number of aromatic nitrogens is 1. The van der Waals surface area contributed by atoms with E-state index in [2.05, 4.69) is 5.32 Å². The van der Waals surface area contributed by atoms with E-state index in [0.29, 0.717) is 47.0 Å². The Morgan fingerprint density at radius 3 is 2.55 bits per heavy atom. The van der Waals surface area contributed by atoms with E-state index in [9.17, 15) is 9.59 Å². The van der Waals surface area contributed by atoms with E-state index in [0.717, 1.165) is 5.39 Å². The Balaban J connectivity index is 1.44. The molecule has 2 heterocycles. The van der Waals surface area contributed by atoms with Crippen LogP contribution in [-0.2, 0) is 11.3 Å². The largest absolute Gasteiger partial charge is 0.493 e. The van der Waals surface area contributed by atoms with Gasteiger partial charge in [-0.15, -0.1) is 0 Å². The molecule has 0 aliphatic carbocycles. The molecule has 8 heteroatoms. The van der Waals surface area contributed by atoms with Gasteiger partial charge in [0.05, 0.1) is 19.8 Å². The van der Waals surface area contributed by atoms with Crippen molar-refractivity contribution in [2.45, 2.75) is 6.54 Å². The molecule has 0 bridgehead atoms.